The largest absolute Gasteiger partial charge is 0.480 e. The van der Waals surface area contributed by atoms with Crippen molar-refractivity contribution in [3.8, 4) is 0 Å². The van der Waals surface area contributed by atoms with E-state index >= 15 is 0 Å². The van der Waals surface area contributed by atoms with Crippen LogP contribution in [0.15, 0.2) is 12.5 Å². The van der Waals surface area contributed by atoms with Gasteiger partial charge in [0.05, 0.1) is 19.0 Å². The average Bonchev–Trinajstić information content (AvgIpc) is 3.44. The molecule has 0 bridgehead atoms. The Hall–Kier alpha value is -2.99. The van der Waals surface area contributed by atoms with Gasteiger partial charge in [-0.1, -0.05) is 13.8 Å². The molecule has 1 aromatic heterocycles. The summed E-state index contributed by atoms with van der Waals surface area (Å²) in [5.41, 5.74) is 0.543. The summed E-state index contributed by atoms with van der Waals surface area (Å²) in [4.78, 5) is 56.2. The summed E-state index contributed by atoms with van der Waals surface area (Å²) in [7, 11) is 0. The van der Waals surface area contributed by atoms with Crippen molar-refractivity contribution in [2.45, 2.75) is 63.7 Å². The molecule has 1 fully saturated rings. The third-order valence-corrected chi connectivity index (χ3v) is 5.13. The van der Waals surface area contributed by atoms with Gasteiger partial charge in [0.1, 0.15) is 18.1 Å². The lowest BCUT2D eigenvalue weighted by molar-refractivity contribution is -0.143. The van der Waals surface area contributed by atoms with E-state index in [1.54, 1.807) is 0 Å². The van der Waals surface area contributed by atoms with Crippen LogP contribution < -0.4 is 21.3 Å². The van der Waals surface area contributed by atoms with Crippen molar-refractivity contribution < 1.29 is 29.4 Å². The molecule has 4 atom stereocenters. The van der Waals surface area contributed by atoms with Gasteiger partial charge in [0.2, 0.25) is 17.7 Å². The number of carbonyl (C=O) groups is 4. The van der Waals surface area contributed by atoms with Crippen LogP contribution in [-0.4, -0.2) is 81.2 Å². The van der Waals surface area contributed by atoms with E-state index in [1.807, 2.05) is 13.8 Å². The number of nitrogens with one attached hydrogen (secondary N) is 5. The topological polar surface area (TPSA) is 186 Å². The number of carboxylic acid groups (broad SMARTS) is 1. The number of aliphatic hydroxyl groups is 1. The quantitative estimate of drug-likeness (QED) is 0.195. The Bertz CT molecular complexity index is 778. The van der Waals surface area contributed by atoms with Gasteiger partial charge >= 0.3 is 5.97 Å². The number of aliphatic carboxylic acids is 1. The zero-order valence-corrected chi connectivity index (χ0v) is 18.3. The Morgan fingerprint density at radius 3 is 2.34 bits per heavy atom. The number of carbonyl (C=O) groups excluding carboxylic acids is 3. The van der Waals surface area contributed by atoms with Crippen molar-refractivity contribution >= 4 is 23.7 Å². The highest BCUT2D eigenvalue weighted by Gasteiger charge is 2.32. The average molecular weight is 453 g/mol. The Balaban J connectivity index is 2.13. The molecule has 0 aliphatic carbocycles. The third kappa shape index (κ3) is 7.61. The first-order chi connectivity index (χ1) is 15.2. The van der Waals surface area contributed by atoms with Gasteiger partial charge in [-0.15, -0.1) is 0 Å². The minimum absolute atomic E-state index is 0.0157. The number of amides is 3. The number of aromatic nitrogens is 2. The molecule has 0 radical (unpaired) electrons. The highest BCUT2D eigenvalue weighted by molar-refractivity contribution is 5.94. The first kappa shape index (κ1) is 25.3. The lowest BCUT2D eigenvalue weighted by Gasteiger charge is -2.25. The summed E-state index contributed by atoms with van der Waals surface area (Å²) in [5.74, 6) is -2.92. The first-order valence-corrected chi connectivity index (χ1v) is 10.7. The fraction of sp³-hybridized carbons (Fsp3) is 0.650. The summed E-state index contributed by atoms with van der Waals surface area (Å²) in [6.45, 7) is 3.76. The predicted molar refractivity (Wildman–Crippen MR) is 113 cm³/mol. The van der Waals surface area contributed by atoms with Crippen LogP contribution in [0.1, 0.15) is 38.8 Å². The molecule has 178 valence electrons. The fourth-order valence-electron chi connectivity index (χ4n) is 3.44. The highest BCUT2D eigenvalue weighted by atomic mass is 16.4. The summed E-state index contributed by atoms with van der Waals surface area (Å²) < 4.78 is 0. The normalized spacial score (nSPS) is 18.6. The second kappa shape index (κ2) is 12.2. The number of hydrogen-bond acceptors (Lipinski definition) is 7. The molecule has 3 amide bonds. The van der Waals surface area contributed by atoms with E-state index in [9.17, 15) is 24.3 Å². The zero-order valence-electron chi connectivity index (χ0n) is 18.3. The van der Waals surface area contributed by atoms with Gasteiger partial charge in [-0.3, -0.25) is 14.4 Å². The molecule has 1 saturated heterocycles. The summed E-state index contributed by atoms with van der Waals surface area (Å²) in [5, 5.41) is 29.0. The van der Waals surface area contributed by atoms with Gasteiger partial charge in [-0.05, 0) is 31.7 Å². The van der Waals surface area contributed by atoms with E-state index in [2.05, 4.69) is 31.2 Å². The van der Waals surface area contributed by atoms with E-state index in [4.69, 9.17) is 5.11 Å². The van der Waals surface area contributed by atoms with E-state index in [0.29, 0.717) is 18.5 Å². The molecule has 1 aliphatic heterocycles. The van der Waals surface area contributed by atoms with Crippen molar-refractivity contribution in [1.29, 1.82) is 0 Å². The van der Waals surface area contributed by atoms with Crippen LogP contribution in [-0.2, 0) is 25.6 Å². The molecule has 12 heteroatoms. The van der Waals surface area contributed by atoms with Crippen molar-refractivity contribution in [2.75, 3.05) is 13.2 Å². The maximum atomic E-state index is 13.0. The Kier molecular flexibility index (Phi) is 9.60. The van der Waals surface area contributed by atoms with E-state index < -0.39 is 42.5 Å². The number of rotatable bonds is 12. The molecule has 2 rings (SSSR count). The van der Waals surface area contributed by atoms with Crippen LogP contribution in [0.5, 0.6) is 0 Å². The number of imidazole rings is 1. The van der Waals surface area contributed by atoms with Crippen LogP contribution >= 0.6 is 0 Å². The van der Waals surface area contributed by atoms with Crippen LogP contribution in [0.4, 0.5) is 0 Å². The van der Waals surface area contributed by atoms with Crippen LogP contribution in [0.25, 0.3) is 0 Å². The molecule has 12 nitrogen and oxygen atoms in total. The third-order valence-electron chi connectivity index (χ3n) is 5.13. The van der Waals surface area contributed by atoms with Crippen molar-refractivity contribution in [2.24, 2.45) is 5.92 Å². The second-order valence-electron chi connectivity index (χ2n) is 8.26. The molecular formula is C20H32N6O6. The van der Waals surface area contributed by atoms with E-state index in [0.717, 1.165) is 13.0 Å². The molecule has 1 aliphatic rings. The second-order valence-corrected chi connectivity index (χ2v) is 8.26. The molecule has 7 N–H and O–H groups in total. The van der Waals surface area contributed by atoms with Gasteiger partial charge in [0, 0.05) is 18.3 Å². The SMILES string of the molecule is CC(C)CC(NC(=O)C1CCCN1)C(=O)NC(Cc1cnc[nH]1)C(=O)NC(CO)C(=O)O. The van der Waals surface area contributed by atoms with Crippen LogP contribution in [0, 0.1) is 5.92 Å². The Morgan fingerprint density at radius 1 is 1.12 bits per heavy atom. The monoisotopic (exact) mass is 452 g/mol. The molecule has 32 heavy (non-hydrogen) atoms. The molecule has 1 aromatic rings. The smallest absolute Gasteiger partial charge is 0.328 e. The first-order valence-electron chi connectivity index (χ1n) is 10.7. The Morgan fingerprint density at radius 2 is 1.81 bits per heavy atom. The number of aromatic amines is 1. The number of carboxylic acids is 1. The molecule has 0 spiro atoms. The van der Waals surface area contributed by atoms with Crippen molar-refractivity contribution in [1.82, 2.24) is 31.2 Å². The Labute approximate surface area is 185 Å². The molecule has 2 heterocycles. The molecular weight excluding hydrogens is 420 g/mol. The lowest BCUT2D eigenvalue weighted by atomic mass is 10.0. The van der Waals surface area contributed by atoms with Gasteiger partial charge < -0.3 is 36.5 Å². The van der Waals surface area contributed by atoms with E-state index in [1.165, 1.54) is 12.5 Å². The number of aliphatic hydroxyl groups excluding tert-OH is 1. The van der Waals surface area contributed by atoms with Gasteiger partial charge in [-0.25, -0.2) is 9.78 Å². The summed E-state index contributed by atoms with van der Waals surface area (Å²) in [6, 6.07) is -3.88. The number of H-pyrrole nitrogens is 1. The minimum Gasteiger partial charge on any atom is -0.480 e. The number of nitrogens with zero attached hydrogens (tertiary/aromatic N) is 1. The fourth-order valence-corrected chi connectivity index (χ4v) is 3.44. The number of hydrogen-bond donors (Lipinski definition) is 7. The van der Waals surface area contributed by atoms with Crippen LogP contribution in [0.2, 0.25) is 0 Å². The highest BCUT2D eigenvalue weighted by Crippen LogP contribution is 2.10. The summed E-state index contributed by atoms with van der Waals surface area (Å²) in [6.07, 6.45) is 4.83. The van der Waals surface area contributed by atoms with Crippen molar-refractivity contribution in [3.05, 3.63) is 18.2 Å². The maximum absolute atomic E-state index is 13.0. The lowest BCUT2D eigenvalue weighted by Crippen LogP contribution is -2.58. The molecule has 0 saturated carbocycles. The van der Waals surface area contributed by atoms with E-state index in [-0.39, 0.29) is 24.3 Å². The zero-order chi connectivity index (χ0) is 23.7. The van der Waals surface area contributed by atoms with Gasteiger partial charge in [0.25, 0.3) is 0 Å². The predicted octanol–water partition coefficient (Wildman–Crippen LogP) is -1.72. The van der Waals surface area contributed by atoms with Gasteiger partial charge in [0.15, 0.2) is 0 Å². The van der Waals surface area contributed by atoms with Crippen molar-refractivity contribution in [3.63, 3.8) is 0 Å². The summed E-state index contributed by atoms with van der Waals surface area (Å²) >= 11 is 0. The molecule has 0 aromatic carbocycles. The van der Waals surface area contributed by atoms with Gasteiger partial charge in [-0.2, -0.15) is 0 Å². The standard InChI is InChI=1S/C20H32N6O6/c1-11(2)6-14(24-17(28)13-4-3-5-22-13)18(29)25-15(7-12-8-21-10-23-12)19(30)26-16(9-27)20(31)32/h8,10-11,13-16,22,27H,3-7,9H2,1-2H3,(H,21,23)(H,24,28)(H,25,29)(H,26,30)(H,31,32). The van der Waals surface area contributed by atoms with Crippen LogP contribution in [0.3, 0.4) is 0 Å². The minimum atomic E-state index is -1.51. The molecule has 4 unspecified atom stereocenters. The maximum Gasteiger partial charge on any atom is 0.328 e.